The first-order valence-corrected chi connectivity index (χ1v) is 5.39. The number of nitrogens with one attached hydrogen (secondary N) is 1. The van der Waals surface area contributed by atoms with Crippen LogP contribution in [0.3, 0.4) is 0 Å². The molecule has 90 valence electrons. The lowest BCUT2D eigenvalue weighted by atomic mass is 10.2. The van der Waals surface area contributed by atoms with Crippen LogP contribution in [0.5, 0.6) is 0 Å². The summed E-state index contributed by atoms with van der Waals surface area (Å²) in [4.78, 5) is 23.9. The summed E-state index contributed by atoms with van der Waals surface area (Å²) in [7, 11) is 1.41. The maximum Gasteiger partial charge on any atom is 0.251 e. The van der Waals surface area contributed by atoms with E-state index in [2.05, 4.69) is 5.32 Å². The van der Waals surface area contributed by atoms with Gasteiger partial charge >= 0.3 is 0 Å². The first-order valence-electron chi connectivity index (χ1n) is 5.01. The van der Waals surface area contributed by atoms with Crippen LogP contribution < -0.4 is 5.32 Å². The molecule has 1 fully saturated rings. The Labute approximate surface area is 102 Å². The van der Waals surface area contributed by atoms with E-state index in [4.69, 9.17) is 11.6 Å². The second kappa shape index (κ2) is 4.33. The second-order valence-corrected chi connectivity index (χ2v) is 4.25. The predicted molar refractivity (Wildman–Crippen MR) is 61.2 cm³/mol. The highest BCUT2D eigenvalue weighted by Gasteiger charge is 2.36. The van der Waals surface area contributed by atoms with Crippen molar-refractivity contribution in [3.63, 3.8) is 0 Å². The van der Waals surface area contributed by atoms with Crippen molar-refractivity contribution >= 4 is 29.1 Å². The van der Waals surface area contributed by atoms with Gasteiger partial charge in [0, 0.05) is 12.1 Å². The number of imide groups is 1. The van der Waals surface area contributed by atoms with Gasteiger partial charge in [0.25, 0.3) is 5.91 Å². The first-order chi connectivity index (χ1) is 7.99. The maximum absolute atomic E-state index is 13.5. The Morgan fingerprint density at radius 3 is 2.71 bits per heavy atom. The monoisotopic (exact) mass is 256 g/mol. The molecule has 2 rings (SSSR count). The molecule has 1 aliphatic rings. The zero-order valence-corrected chi connectivity index (χ0v) is 9.79. The summed E-state index contributed by atoms with van der Waals surface area (Å²) >= 11 is 5.61. The van der Waals surface area contributed by atoms with E-state index in [0.717, 1.165) is 11.0 Å². The van der Waals surface area contributed by atoms with E-state index in [0.29, 0.717) is 0 Å². The summed E-state index contributed by atoms with van der Waals surface area (Å²) < 4.78 is 13.5. The summed E-state index contributed by atoms with van der Waals surface area (Å²) in [6.07, 6.45) is 0.0391. The van der Waals surface area contributed by atoms with Gasteiger partial charge < -0.3 is 5.32 Å². The largest absolute Gasteiger partial charge is 0.371 e. The van der Waals surface area contributed by atoms with Crippen LogP contribution in [0.25, 0.3) is 0 Å². The zero-order chi connectivity index (χ0) is 12.6. The van der Waals surface area contributed by atoms with Gasteiger partial charge in [0.15, 0.2) is 0 Å². The molecule has 1 heterocycles. The van der Waals surface area contributed by atoms with Crippen molar-refractivity contribution in [1.29, 1.82) is 0 Å². The fourth-order valence-electron chi connectivity index (χ4n) is 1.66. The normalized spacial score (nSPS) is 19.9. The van der Waals surface area contributed by atoms with Gasteiger partial charge in [-0.1, -0.05) is 11.6 Å². The van der Waals surface area contributed by atoms with Crippen molar-refractivity contribution in [1.82, 2.24) is 4.90 Å². The molecule has 0 aromatic heterocycles. The van der Waals surface area contributed by atoms with Crippen LogP contribution in [0.4, 0.5) is 10.1 Å². The molecule has 17 heavy (non-hydrogen) atoms. The molecule has 1 aromatic carbocycles. The van der Waals surface area contributed by atoms with Crippen molar-refractivity contribution in [2.75, 3.05) is 12.4 Å². The Hall–Kier alpha value is -1.62. The number of amides is 2. The van der Waals surface area contributed by atoms with Crippen molar-refractivity contribution in [2.45, 2.75) is 12.5 Å². The average molecular weight is 257 g/mol. The molecule has 1 aliphatic heterocycles. The fraction of sp³-hybridized carbons (Fsp3) is 0.273. The molecule has 0 saturated carbocycles. The minimum atomic E-state index is -0.705. The lowest BCUT2D eigenvalue weighted by molar-refractivity contribution is -0.136. The van der Waals surface area contributed by atoms with Gasteiger partial charge in [0.2, 0.25) is 5.91 Å². The molecule has 2 amide bonds. The number of anilines is 1. The van der Waals surface area contributed by atoms with Crippen LogP contribution in [0, 0.1) is 5.82 Å². The van der Waals surface area contributed by atoms with Crippen molar-refractivity contribution in [3.05, 3.63) is 29.0 Å². The molecule has 0 spiro atoms. The highest BCUT2D eigenvalue weighted by molar-refractivity contribution is 6.30. The van der Waals surface area contributed by atoms with Gasteiger partial charge in [-0.3, -0.25) is 14.5 Å². The van der Waals surface area contributed by atoms with Crippen LogP contribution in [0.1, 0.15) is 6.42 Å². The minimum Gasteiger partial charge on any atom is -0.371 e. The lowest BCUT2D eigenvalue weighted by Crippen LogP contribution is -2.32. The molecule has 1 saturated heterocycles. The van der Waals surface area contributed by atoms with Gasteiger partial charge in [-0.15, -0.1) is 0 Å². The number of likely N-dealkylation sites (N-methyl/N-ethyl adjacent to an activating group) is 1. The quantitative estimate of drug-likeness (QED) is 0.819. The van der Waals surface area contributed by atoms with E-state index in [1.807, 2.05) is 0 Å². The fourth-order valence-corrected chi connectivity index (χ4v) is 1.82. The number of nitrogens with zero attached hydrogens (tertiary/aromatic N) is 1. The van der Waals surface area contributed by atoms with Gasteiger partial charge in [-0.2, -0.15) is 0 Å². The van der Waals surface area contributed by atoms with Crippen molar-refractivity contribution < 1.29 is 14.0 Å². The Balaban J connectivity index is 2.17. The molecule has 0 aliphatic carbocycles. The molecule has 6 heteroatoms. The summed E-state index contributed by atoms with van der Waals surface area (Å²) in [5, 5.41) is 2.98. The molecule has 1 unspecified atom stereocenters. The maximum atomic E-state index is 13.5. The Morgan fingerprint density at radius 2 is 2.18 bits per heavy atom. The predicted octanol–water partition coefficient (Wildman–Crippen LogP) is 1.65. The third kappa shape index (κ3) is 2.24. The molecule has 1 N–H and O–H groups in total. The number of carbonyl (C=O) groups is 2. The van der Waals surface area contributed by atoms with Crippen LogP contribution in [0.15, 0.2) is 18.2 Å². The topological polar surface area (TPSA) is 49.4 Å². The summed E-state index contributed by atoms with van der Waals surface area (Å²) in [6, 6.07) is 3.39. The SMILES string of the molecule is CN1C(=O)CC(Nc2ccc(Cl)cc2F)C1=O. The van der Waals surface area contributed by atoms with Crippen LogP contribution in [-0.2, 0) is 9.59 Å². The number of hydrogen-bond donors (Lipinski definition) is 1. The smallest absolute Gasteiger partial charge is 0.251 e. The first kappa shape index (κ1) is 11.9. The molecular weight excluding hydrogens is 247 g/mol. The highest BCUT2D eigenvalue weighted by Crippen LogP contribution is 2.22. The van der Waals surface area contributed by atoms with Crippen LogP contribution in [-0.4, -0.2) is 29.8 Å². The number of carbonyl (C=O) groups excluding carboxylic acids is 2. The zero-order valence-electron chi connectivity index (χ0n) is 9.04. The van der Waals surface area contributed by atoms with E-state index in [9.17, 15) is 14.0 Å². The highest BCUT2D eigenvalue weighted by atomic mass is 35.5. The van der Waals surface area contributed by atoms with Gasteiger partial charge in [-0.05, 0) is 18.2 Å². The summed E-state index contributed by atoms with van der Waals surface area (Å²) in [5.74, 6) is -1.18. The van der Waals surface area contributed by atoms with E-state index in [1.54, 1.807) is 0 Å². The van der Waals surface area contributed by atoms with Crippen LogP contribution >= 0.6 is 11.6 Å². The summed E-state index contributed by atoms with van der Waals surface area (Å²) in [5.41, 5.74) is 0.163. The molecule has 0 radical (unpaired) electrons. The van der Waals surface area contributed by atoms with Gasteiger partial charge in [0.1, 0.15) is 11.9 Å². The number of halogens is 2. The Kier molecular flexibility index (Phi) is 3.02. The van der Waals surface area contributed by atoms with E-state index >= 15 is 0 Å². The summed E-state index contributed by atoms with van der Waals surface area (Å²) in [6.45, 7) is 0. The molecule has 1 atom stereocenters. The number of rotatable bonds is 2. The standard InChI is InChI=1S/C11H10ClFN2O2/c1-15-10(16)5-9(11(15)17)14-8-3-2-6(12)4-7(8)13/h2-4,9,14H,5H2,1H3. The van der Waals surface area contributed by atoms with Gasteiger partial charge in [0.05, 0.1) is 12.1 Å². The number of likely N-dealkylation sites (tertiary alicyclic amines) is 1. The third-order valence-electron chi connectivity index (χ3n) is 2.64. The second-order valence-electron chi connectivity index (χ2n) is 3.82. The Bertz CT molecular complexity index is 492. The molecule has 1 aromatic rings. The number of hydrogen-bond acceptors (Lipinski definition) is 3. The van der Waals surface area contributed by atoms with Crippen molar-refractivity contribution in [2.24, 2.45) is 0 Å². The third-order valence-corrected chi connectivity index (χ3v) is 2.88. The van der Waals surface area contributed by atoms with Gasteiger partial charge in [-0.25, -0.2) is 4.39 Å². The number of benzene rings is 1. The van der Waals surface area contributed by atoms with E-state index in [1.165, 1.54) is 19.2 Å². The lowest BCUT2D eigenvalue weighted by Gasteiger charge is -2.13. The Morgan fingerprint density at radius 1 is 1.47 bits per heavy atom. The minimum absolute atomic E-state index is 0.0391. The molecular formula is C11H10ClFN2O2. The average Bonchev–Trinajstić information content (AvgIpc) is 2.50. The van der Waals surface area contributed by atoms with E-state index < -0.39 is 11.9 Å². The van der Waals surface area contributed by atoms with Crippen LogP contribution in [0.2, 0.25) is 5.02 Å². The van der Waals surface area contributed by atoms with Crippen molar-refractivity contribution in [3.8, 4) is 0 Å². The molecule has 0 bridgehead atoms. The van der Waals surface area contributed by atoms with E-state index in [-0.39, 0.29) is 28.9 Å². The molecule has 4 nitrogen and oxygen atoms in total.